The number of carbonyl (C=O) groups is 3. The van der Waals surface area contributed by atoms with E-state index < -0.39 is 17.3 Å². The van der Waals surface area contributed by atoms with E-state index in [1.54, 1.807) is 4.90 Å². The van der Waals surface area contributed by atoms with Gasteiger partial charge in [-0.1, -0.05) is 27.7 Å². The van der Waals surface area contributed by atoms with Gasteiger partial charge in [-0.25, -0.2) is 0 Å². The maximum absolute atomic E-state index is 12.0. The van der Waals surface area contributed by atoms with Crippen molar-refractivity contribution in [1.82, 2.24) is 10.2 Å². The third-order valence-corrected chi connectivity index (χ3v) is 3.82. The van der Waals surface area contributed by atoms with E-state index in [1.165, 1.54) is 0 Å². The predicted molar refractivity (Wildman–Crippen MR) is 78.6 cm³/mol. The van der Waals surface area contributed by atoms with Gasteiger partial charge in [0.25, 0.3) is 0 Å². The molecule has 2 amide bonds. The van der Waals surface area contributed by atoms with Gasteiger partial charge in [-0.15, -0.1) is 0 Å². The van der Waals surface area contributed by atoms with Crippen molar-refractivity contribution in [3.63, 3.8) is 0 Å². The minimum absolute atomic E-state index is 0.00737. The van der Waals surface area contributed by atoms with Crippen LogP contribution in [0.4, 0.5) is 0 Å². The molecular weight excluding hydrogens is 272 g/mol. The average Bonchev–Trinajstić information content (AvgIpc) is 2.75. The van der Waals surface area contributed by atoms with Crippen LogP contribution in [0.5, 0.6) is 0 Å². The van der Waals surface area contributed by atoms with Crippen molar-refractivity contribution in [3.8, 4) is 0 Å². The molecule has 1 fully saturated rings. The highest BCUT2D eigenvalue weighted by molar-refractivity contribution is 5.81. The zero-order chi connectivity index (χ0) is 16.2. The SMILES string of the molecule is C[C@@H]1CN(C(=O)CCCNC(=O)C(C)(C)C)C[C@H]1C(=O)O. The van der Waals surface area contributed by atoms with Crippen LogP contribution in [0.25, 0.3) is 0 Å². The van der Waals surface area contributed by atoms with Gasteiger partial charge in [-0.05, 0) is 12.3 Å². The van der Waals surface area contributed by atoms with Gasteiger partial charge in [-0.2, -0.15) is 0 Å². The summed E-state index contributed by atoms with van der Waals surface area (Å²) in [6.07, 6.45) is 0.909. The van der Waals surface area contributed by atoms with Crippen LogP contribution in [0.15, 0.2) is 0 Å². The zero-order valence-corrected chi connectivity index (χ0v) is 13.3. The summed E-state index contributed by atoms with van der Waals surface area (Å²) >= 11 is 0. The van der Waals surface area contributed by atoms with E-state index in [1.807, 2.05) is 27.7 Å². The average molecular weight is 298 g/mol. The largest absolute Gasteiger partial charge is 0.481 e. The number of carboxylic acid groups (broad SMARTS) is 1. The molecule has 0 radical (unpaired) electrons. The van der Waals surface area contributed by atoms with Gasteiger partial charge in [0, 0.05) is 31.5 Å². The Bertz CT molecular complexity index is 414. The highest BCUT2D eigenvalue weighted by Crippen LogP contribution is 2.23. The topological polar surface area (TPSA) is 86.7 Å². The number of carboxylic acids is 1. The fraction of sp³-hybridized carbons (Fsp3) is 0.800. The van der Waals surface area contributed by atoms with Gasteiger partial charge in [0.15, 0.2) is 0 Å². The first-order valence-electron chi connectivity index (χ1n) is 7.42. The quantitative estimate of drug-likeness (QED) is 0.744. The van der Waals surface area contributed by atoms with Gasteiger partial charge < -0.3 is 15.3 Å². The lowest BCUT2D eigenvalue weighted by Gasteiger charge is -2.18. The molecule has 0 aliphatic carbocycles. The molecule has 2 N–H and O–H groups in total. The Labute approximate surface area is 125 Å². The summed E-state index contributed by atoms with van der Waals surface area (Å²) in [5.41, 5.74) is -0.427. The maximum Gasteiger partial charge on any atom is 0.308 e. The minimum atomic E-state index is -0.838. The molecule has 0 spiro atoms. The van der Waals surface area contributed by atoms with Crippen LogP contribution in [-0.2, 0) is 14.4 Å². The first-order chi connectivity index (χ1) is 9.62. The van der Waals surface area contributed by atoms with Crippen LogP contribution < -0.4 is 5.32 Å². The van der Waals surface area contributed by atoms with Gasteiger partial charge in [0.1, 0.15) is 0 Å². The standard InChI is InChI=1S/C15H26N2O4/c1-10-8-17(9-11(10)13(19)20)12(18)6-5-7-16-14(21)15(2,3)4/h10-11H,5-9H2,1-4H3,(H,16,21)(H,19,20)/t10-,11-/m1/s1. The third-order valence-electron chi connectivity index (χ3n) is 3.82. The number of hydrogen-bond acceptors (Lipinski definition) is 3. The smallest absolute Gasteiger partial charge is 0.308 e. The number of aliphatic carboxylic acids is 1. The van der Waals surface area contributed by atoms with E-state index in [0.29, 0.717) is 32.5 Å². The lowest BCUT2D eigenvalue weighted by Crippen LogP contribution is -2.36. The number of hydrogen-bond donors (Lipinski definition) is 2. The first-order valence-corrected chi connectivity index (χ1v) is 7.42. The van der Waals surface area contributed by atoms with Gasteiger partial charge >= 0.3 is 5.97 Å². The van der Waals surface area contributed by atoms with Gasteiger partial charge in [-0.3, -0.25) is 14.4 Å². The molecule has 0 aromatic heterocycles. The van der Waals surface area contributed by atoms with Crippen molar-refractivity contribution in [2.75, 3.05) is 19.6 Å². The van der Waals surface area contributed by atoms with Crippen molar-refractivity contribution < 1.29 is 19.5 Å². The Hall–Kier alpha value is -1.59. The van der Waals surface area contributed by atoms with E-state index in [9.17, 15) is 14.4 Å². The van der Waals surface area contributed by atoms with Crippen molar-refractivity contribution in [2.24, 2.45) is 17.3 Å². The first kappa shape index (κ1) is 17.5. The van der Waals surface area contributed by atoms with Gasteiger partial charge in [0.2, 0.25) is 11.8 Å². The summed E-state index contributed by atoms with van der Waals surface area (Å²) in [5.74, 6) is -1.37. The number of rotatable bonds is 5. The van der Waals surface area contributed by atoms with Crippen molar-refractivity contribution >= 4 is 17.8 Å². The second kappa shape index (κ2) is 6.91. The Kier molecular flexibility index (Phi) is 5.75. The minimum Gasteiger partial charge on any atom is -0.481 e. The molecule has 2 atom stereocenters. The predicted octanol–water partition coefficient (Wildman–Crippen LogP) is 1.11. The number of carbonyl (C=O) groups excluding carboxylic acids is 2. The van der Waals surface area contributed by atoms with Crippen LogP contribution in [0.1, 0.15) is 40.5 Å². The molecule has 1 aliphatic heterocycles. The van der Waals surface area contributed by atoms with E-state index in [0.717, 1.165) is 0 Å². The Morgan fingerprint density at radius 1 is 1.24 bits per heavy atom. The zero-order valence-electron chi connectivity index (χ0n) is 13.3. The second-order valence-electron chi connectivity index (χ2n) is 6.83. The van der Waals surface area contributed by atoms with E-state index in [4.69, 9.17) is 5.11 Å². The molecule has 1 rings (SSSR count). The number of nitrogens with one attached hydrogen (secondary N) is 1. The van der Waals surface area contributed by atoms with Crippen LogP contribution in [-0.4, -0.2) is 47.4 Å². The van der Waals surface area contributed by atoms with Gasteiger partial charge in [0.05, 0.1) is 5.92 Å². The molecule has 1 heterocycles. The highest BCUT2D eigenvalue weighted by Gasteiger charge is 2.36. The van der Waals surface area contributed by atoms with Crippen LogP contribution >= 0.6 is 0 Å². The molecule has 21 heavy (non-hydrogen) atoms. The second-order valence-corrected chi connectivity index (χ2v) is 6.83. The Balaban J connectivity index is 2.30. The summed E-state index contributed by atoms with van der Waals surface area (Å²) in [6, 6.07) is 0. The molecule has 6 nitrogen and oxygen atoms in total. The lowest BCUT2D eigenvalue weighted by molar-refractivity contribution is -0.142. The highest BCUT2D eigenvalue weighted by atomic mass is 16.4. The third kappa shape index (κ3) is 5.02. The van der Waals surface area contributed by atoms with Crippen LogP contribution in [0.3, 0.4) is 0 Å². The molecule has 0 aromatic carbocycles. The van der Waals surface area contributed by atoms with Crippen molar-refractivity contribution in [1.29, 1.82) is 0 Å². The molecule has 6 heteroatoms. The Morgan fingerprint density at radius 3 is 2.33 bits per heavy atom. The maximum atomic E-state index is 12.0. The molecule has 0 unspecified atom stereocenters. The van der Waals surface area contributed by atoms with Crippen LogP contribution in [0.2, 0.25) is 0 Å². The van der Waals surface area contributed by atoms with E-state index >= 15 is 0 Å². The summed E-state index contributed by atoms with van der Waals surface area (Å²) in [4.78, 5) is 36.3. The molecule has 0 aromatic rings. The normalized spacial score (nSPS) is 22.2. The summed E-state index contributed by atoms with van der Waals surface area (Å²) in [5, 5.41) is 11.8. The summed E-state index contributed by atoms with van der Waals surface area (Å²) < 4.78 is 0. The number of likely N-dealkylation sites (tertiary alicyclic amines) is 1. The fourth-order valence-corrected chi connectivity index (χ4v) is 2.36. The summed E-state index contributed by atoms with van der Waals surface area (Å²) in [7, 11) is 0. The number of nitrogens with zero attached hydrogens (tertiary/aromatic N) is 1. The van der Waals surface area contributed by atoms with Crippen molar-refractivity contribution in [2.45, 2.75) is 40.5 Å². The lowest BCUT2D eigenvalue weighted by atomic mass is 9.96. The van der Waals surface area contributed by atoms with E-state index in [2.05, 4.69) is 5.32 Å². The molecule has 0 bridgehead atoms. The number of amides is 2. The van der Waals surface area contributed by atoms with Crippen LogP contribution in [0, 0.1) is 17.3 Å². The molecule has 120 valence electrons. The Morgan fingerprint density at radius 2 is 1.86 bits per heavy atom. The van der Waals surface area contributed by atoms with E-state index in [-0.39, 0.29) is 17.7 Å². The fourth-order valence-electron chi connectivity index (χ4n) is 2.36. The molecule has 0 saturated carbocycles. The molecule has 1 saturated heterocycles. The van der Waals surface area contributed by atoms with Crippen molar-refractivity contribution in [3.05, 3.63) is 0 Å². The molecule has 1 aliphatic rings. The molecular formula is C15H26N2O4. The summed E-state index contributed by atoms with van der Waals surface area (Å²) in [6.45, 7) is 8.64. The monoisotopic (exact) mass is 298 g/mol.